The third-order valence-electron chi connectivity index (χ3n) is 6.64. The summed E-state index contributed by atoms with van der Waals surface area (Å²) in [7, 11) is -16.6. The number of hydrogen-bond donors (Lipinski definition) is 5. The molecule has 0 radical (unpaired) electrons. The van der Waals surface area contributed by atoms with Crippen LogP contribution in [0.4, 0.5) is 23.0 Å². The lowest BCUT2D eigenvalue weighted by Crippen LogP contribution is -2.07. The van der Waals surface area contributed by atoms with Gasteiger partial charge in [0.25, 0.3) is 40.5 Å². The SMILES string of the molecule is COc1cc(N=Nc2ccc3cc(S(=O)(=O)O)cc(S(=O)(=O)O)c3c2)c(C)cc1Nc1nc(SCCCS(=O)(=O)O)nc(SCCCS(=O)(=O)O)n1. The first-order valence-electron chi connectivity index (χ1n) is 14.4. The van der Waals surface area contributed by atoms with Crippen LogP contribution in [0.2, 0.25) is 0 Å². The fourth-order valence-corrected chi connectivity index (χ4v) is 8.66. The van der Waals surface area contributed by atoms with Gasteiger partial charge in [0.05, 0.1) is 40.6 Å². The quantitative estimate of drug-likeness (QED) is 0.0415. The van der Waals surface area contributed by atoms with Crippen LogP contribution in [-0.2, 0) is 40.5 Å². The normalized spacial score (nSPS) is 12.8. The molecule has 3 aromatic carbocycles. The zero-order valence-corrected chi connectivity index (χ0v) is 31.8. The zero-order chi connectivity index (χ0) is 38.5. The summed E-state index contributed by atoms with van der Waals surface area (Å²) >= 11 is 2.19. The number of ether oxygens (including phenoxy) is 1. The van der Waals surface area contributed by atoms with Gasteiger partial charge in [-0.25, -0.2) is 0 Å². The zero-order valence-electron chi connectivity index (χ0n) is 26.9. The van der Waals surface area contributed by atoms with E-state index in [4.69, 9.17) is 13.8 Å². The van der Waals surface area contributed by atoms with Crippen LogP contribution in [0.15, 0.2) is 72.8 Å². The predicted molar refractivity (Wildman–Crippen MR) is 192 cm³/mol. The standard InChI is InChI=1S/C27H30N6O13S6/c1-16-11-22(28-25-29-26(47-7-3-9-49(34,35)36)31-27(30-25)48-8-4-10-50(37,38)39)23(46-2)15-21(16)33-32-18-6-5-17-12-19(51(40,41)42)14-24(20(17)13-18)52(43,44)45/h5-6,11-15H,3-4,7-10H2,1-2H3,(H,34,35,36)(H,37,38,39)(H,40,41,42)(H,43,44,45)(H,28,29,30,31). The summed E-state index contributed by atoms with van der Waals surface area (Å²) in [6, 6.07) is 8.83. The molecule has 0 saturated carbocycles. The fraction of sp³-hybridized carbons (Fsp3) is 0.296. The highest BCUT2D eigenvalue weighted by atomic mass is 32.2. The van der Waals surface area contributed by atoms with Crippen LogP contribution in [-0.4, -0.2) is 97.0 Å². The van der Waals surface area contributed by atoms with E-state index in [1.165, 1.54) is 31.4 Å². The third-order valence-corrected chi connectivity index (χ3v) is 11.8. The summed E-state index contributed by atoms with van der Waals surface area (Å²) in [5, 5.41) is 11.8. The Bertz CT molecular complexity index is 2410. The first kappa shape index (κ1) is 41.2. The molecule has 0 aliphatic rings. The van der Waals surface area contributed by atoms with E-state index in [1.807, 2.05) is 0 Å². The van der Waals surface area contributed by atoms with Gasteiger partial charge in [0.1, 0.15) is 10.6 Å². The smallest absolute Gasteiger partial charge is 0.295 e. The maximum absolute atomic E-state index is 12.0. The second-order valence-electron chi connectivity index (χ2n) is 10.6. The minimum absolute atomic E-state index is 0.0552. The lowest BCUT2D eigenvalue weighted by Gasteiger charge is -2.13. The predicted octanol–water partition coefficient (Wildman–Crippen LogP) is 4.73. The molecule has 0 unspecified atom stereocenters. The Labute approximate surface area is 307 Å². The van der Waals surface area contributed by atoms with Gasteiger partial charge in [0.15, 0.2) is 10.3 Å². The molecule has 4 rings (SSSR count). The molecule has 25 heteroatoms. The summed E-state index contributed by atoms with van der Waals surface area (Å²) in [6.45, 7) is 1.70. The highest BCUT2D eigenvalue weighted by Gasteiger charge is 2.21. The number of anilines is 2. The molecular formula is C27H30N6O13S6. The van der Waals surface area contributed by atoms with E-state index in [2.05, 4.69) is 30.5 Å². The topological polar surface area (TPSA) is 302 Å². The van der Waals surface area contributed by atoms with Crippen molar-refractivity contribution in [2.75, 3.05) is 35.4 Å². The number of aryl methyl sites for hydroxylation is 1. The highest BCUT2D eigenvalue weighted by molar-refractivity contribution is 7.99. The molecule has 0 aliphatic heterocycles. The monoisotopic (exact) mass is 838 g/mol. The van der Waals surface area contributed by atoms with Gasteiger partial charge in [-0.3, -0.25) is 18.2 Å². The number of hydrogen-bond acceptors (Lipinski definition) is 17. The summed E-state index contributed by atoms with van der Waals surface area (Å²) in [5.74, 6) is -0.138. The molecule has 5 N–H and O–H groups in total. The van der Waals surface area contributed by atoms with Gasteiger partial charge in [0.2, 0.25) is 5.95 Å². The Balaban J connectivity index is 1.62. The van der Waals surface area contributed by atoms with Crippen LogP contribution in [0.25, 0.3) is 10.8 Å². The summed E-state index contributed by atoms with van der Waals surface area (Å²) in [5.41, 5.74) is 1.40. The molecular weight excluding hydrogens is 809 g/mol. The lowest BCUT2D eigenvalue weighted by atomic mass is 10.1. The molecule has 282 valence electrons. The van der Waals surface area contributed by atoms with Crippen LogP contribution < -0.4 is 10.1 Å². The number of fused-ring (bicyclic) bond motifs is 1. The number of thioether (sulfide) groups is 2. The van der Waals surface area contributed by atoms with Crippen molar-refractivity contribution in [1.29, 1.82) is 0 Å². The lowest BCUT2D eigenvalue weighted by molar-refractivity contribution is 0.417. The van der Waals surface area contributed by atoms with Gasteiger partial charge < -0.3 is 10.1 Å². The molecule has 0 spiro atoms. The van der Waals surface area contributed by atoms with Crippen LogP contribution in [0, 0.1) is 6.92 Å². The number of benzene rings is 3. The van der Waals surface area contributed by atoms with Crippen molar-refractivity contribution in [2.45, 2.75) is 39.9 Å². The number of rotatable bonds is 17. The maximum Gasteiger partial charge on any atom is 0.295 e. The van der Waals surface area contributed by atoms with Gasteiger partial charge in [-0.2, -0.15) is 58.9 Å². The summed E-state index contributed by atoms with van der Waals surface area (Å²) in [4.78, 5) is 11.6. The second kappa shape index (κ2) is 16.6. The van der Waals surface area contributed by atoms with E-state index in [1.54, 1.807) is 13.0 Å². The van der Waals surface area contributed by atoms with Crippen LogP contribution in [0.1, 0.15) is 18.4 Å². The molecule has 0 bridgehead atoms. The van der Waals surface area contributed by atoms with E-state index in [-0.39, 0.29) is 62.8 Å². The molecule has 0 atom stereocenters. The number of methoxy groups -OCH3 is 1. The van der Waals surface area contributed by atoms with Crippen LogP contribution in [0.3, 0.4) is 0 Å². The van der Waals surface area contributed by atoms with E-state index >= 15 is 0 Å². The molecule has 0 fully saturated rings. The van der Waals surface area contributed by atoms with Crippen LogP contribution >= 0.6 is 23.5 Å². The van der Waals surface area contributed by atoms with Crippen molar-refractivity contribution >= 4 is 97.8 Å². The average molecular weight is 839 g/mol. The minimum Gasteiger partial charge on any atom is -0.494 e. The molecule has 1 aromatic heterocycles. The van der Waals surface area contributed by atoms with Gasteiger partial charge in [0, 0.05) is 23.0 Å². The van der Waals surface area contributed by atoms with Gasteiger partial charge >= 0.3 is 0 Å². The van der Waals surface area contributed by atoms with Gasteiger partial charge in [-0.15, -0.1) is 0 Å². The maximum atomic E-state index is 12.0. The van der Waals surface area contributed by atoms with E-state index in [9.17, 15) is 42.8 Å². The number of nitrogens with zero attached hydrogens (tertiary/aromatic N) is 5. The second-order valence-corrected chi connectivity index (χ2v) is 18.7. The first-order valence-corrected chi connectivity index (χ1v) is 22.5. The Kier molecular flexibility index (Phi) is 13.2. The highest BCUT2D eigenvalue weighted by Crippen LogP contribution is 2.36. The van der Waals surface area contributed by atoms with Crippen LogP contribution in [0.5, 0.6) is 5.75 Å². The van der Waals surface area contributed by atoms with Crippen molar-refractivity contribution in [3.63, 3.8) is 0 Å². The van der Waals surface area contributed by atoms with Crippen molar-refractivity contribution < 1.29 is 56.6 Å². The third kappa shape index (κ3) is 12.3. The van der Waals surface area contributed by atoms with Crippen molar-refractivity contribution in [3.8, 4) is 5.75 Å². The molecule has 0 saturated heterocycles. The summed E-state index contributed by atoms with van der Waals surface area (Å²) in [6.07, 6.45) is 0.210. The number of azo groups is 1. The van der Waals surface area contributed by atoms with E-state index in [0.717, 1.165) is 29.6 Å². The summed E-state index contributed by atoms with van der Waals surface area (Å²) < 4.78 is 134. The van der Waals surface area contributed by atoms with Gasteiger partial charge in [-0.05, 0) is 61.0 Å². The Morgan fingerprint density at radius 3 is 1.87 bits per heavy atom. The first-order chi connectivity index (χ1) is 24.1. The number of aromatic nitrogens is 3. The van der Waals surface area contributed by atoms with Crippen molar-refractivity contribution in [3.05, 3.63) is 48.0 Å². The number of nitrogens with one attached hydrogen (secondary N) is 1. The molecule has 1 heterocycles. The van der Waals surface area contributed by atoms with E-state index < -0.39 is 61.8 Å². The molecule has 52 heavy (non-hydrogen) atoms. The van der Waals surface area contributed by atoms with Gasteiger partial charge in [-0.1, -0.05) is 29.6 Å². The molecule has 19 nitrogen and oxygen atoms in total. The largest absolute Gasteiger partial charge is 0.494 e. The van der Waals surface area contributed by atoms with Crippen molar-refractivity contribution in [2.24, 2.45) is 10.2 Å². The Morgan fingerprint density at radius 1 is 0.750 bits per heavy atom. The molecule has 4 aromatic rings. The van der Waals surface area contributed by atoms with E-state index in [0.29, 0.717) is 23.0 Å². The molecule has 0 aliphatic carbocycles. The molecule has 0 amide bonds. The average Bonchev–Trinajstić information content (AvgIpc) is 3.02. The fourth-order valence-electron chi connectivity index (χ4n) is 4.33. The van der Waals surface area contributed by atoms with Crippen molar-refractivity contribution in [1.82, 2.24) is 15.0 Å². The Morgan fingerprint density at radius 2 is 1.35 bits per heavy atom. The minimum atomic E-state index is -4.92. The Hall–Kier alpha value is -3.53.